The molecule has 2 N–H and O–H groups in total. The summed E-state index contributed by atoms with van der Waals surface area (Å²) in [6.07, 6.45) is 1.64. The van der Waals surface area contributed by atoms with Crippen LogP contribution in [0.15, 0.2) is 24.4 Å². The summed E-state index contributed by atoms with van der Waals surface area (Å²) in [6, 6.07) is 4.80. The Kier molecular flexibility index (Phi) is 3.67. The molecule has 1 atom stereocenters. The van der Waals surface area contributed by atoms with Crippen LogP contribution in [0.5, 0.6) is 0 Å². The summed E-state index contributed by atoms with van der Waals surface area (Å²) in [5, 5.41) is 3.49. The summed E-state index contributed by atoms with van der Waals surface area (Å²) in [5.74, 6) is -0.932. The summed E-state index contributed by atoms with van der Waals surface area (Å²) in [4.78, 5) is 40.9. The lowest BCUT2D eigenvalue weighted by atomic mass is 10.1. The van der Waals surface area contributed by atoms with Crippen molar-refractivity contribution in [2.75, 3.05) is 0 Å². The number of H-pyrrole nitrogens is 1. The highest BCUT2D eigenvalue weighted by atomic mass is 16.2. The number of fused-ring (bicyclic) bond motifs is 1. The lowest BCUT2D eigenvalue weighted by molar-refractivity contribution is -0.140. The van der Waals surface area contributed by atoms with Gasteiger partial charge in [0.15, 0.2) is 0 Å². The Labute approximate surface area is 133 Å². The number of hydrogen-bond acceptors (Lipinski definition) is 3. The first-order valence-electron chi connectivity index (χ1n) is 7.63. The molecule has 0 unspecified atom stereocenters. The maximum atomic E-state index is 12.5. The molecule has 1 fully saturated rings. The highest BCUT2D eigenvalue weighted by Crippen LogP contribution is 2.21. The molecule has 6 nitrogen and oxygen atoms in total. The number of benzene rings is 1. The molecule has 1 saturated heterocycles. The number of carbonyl (C=O) groups is 3. The van der Waals surface area contributed by atoms with Gasteiger partial charge in [-0.25, -0.2) is 0 Å². The van der Waals surface area contributed by atoms with Crippen LogP contribution in [0.3, 0.4) is 0 Å². The van der Waals surface area contributed by atoms with Crippen LogP contribution in [-0.4, -0.2) is 39.7 Å². The Morgan fingerprint density at radius 2 is 2.09 bits per heavy atom. The molecule has 1 aliphatic rings. The molecule has 1 aliphatic heterocycles. The molecule has 0 aliphatic carbocycles. The van der Waals surface area contributed by atoms with E-state index in [-0.39, 0.29) is 30.2 Å². The molecule has 1 aromatic heterocycles. The van der Waals surface area contributed by atoms with Gasteiger partial charge in [-0.1, -0.05) is 11.6 Å². The van der Waals surface area contributed by atoms with Crippen molar-refractivity contribution in [3.05, 3.63) is 35.5 Å². The van der Waals surface area contributed by atoms with Gasteiger partial charge in [0.25, 0.3) is 11.8 Å². The Bertz CT molecular complexity index is 807. The quantitative estimate of drug-likeness (QED) is 0.847. The smallest absolute Gasteiger partial charge is 0.254 e. The number of hydrogen-bond donors (Lipinski definition) is 2. The summed E-state index contributed by atoms with van der Waals surface area (Å²) in [6.45, 7) is 5.51. The number of carbonyl (C=O) groups excluding carboxylic acids is 3. The van der Waals surface area contributed by atoms with Crippen LogP contribution < -0.4 is 5.32 Å². The van der Waals surface area contributed by atoms with Crippen molar-refractivity contribution in [3.63, 3.8) is 0 Å². The van der Waals surface area contributed by atoms with E-state index in [1.165, 1.54) is 4.90 Å². The highest BCUT2D eigenvalue weighted by molar-refractivity contribution is 6.11. The largest absolute Gasteiger partial charge is 0.360 e. The monoisotopic (exact) mass is 313 g/mol. The SMILES string of the molecule is Cc1ccc2[nH]cc(C(=O)N[C@@H]3CC(=O)N(C(C)C)C3=O)c2c1. The van der Waals surface area contributed by atoms with Gasteiger partial charge in [0.1, 0.15) is 6.04 Å². The second kappa shape index (κ2) is 5.53. The minimum absolute atomic E-state index is 0.0180. The number of amides is 3. The number of likely N-dealkylation sites (tertiary alicyclic amines) is 1. The first kappa shape index (κ1) is 15.3. The van der Waals surface area contributed by atoms with E-state index in [2.05, 4.69) is 10.3 Å². The van der Waals surface area contributed by atoms with Crippen LogP contribution in [0, 0.1) is 6.92 Å². The zero-order chi connectivity index (χ0) is 16.7. The van der Waals surface area contributed by atoms with E-state index in [0.29, 0.717) is 5.56 Å². The van der Waals surface area contributed by atoms with Crippen LogP contribution >= 0.6 is 0 Å². The van der Waals surface area contributed by atoms with E-state index in [0.717, 1.165) is 16.5 Å². The van der Waals surface area contributed by atoms with Crippen molar-refractivity contribution in [1.29, 1.82) is 0 Å². The van der Waals surface area contributed by atoms with Crippen LogP contribution in [0.2, 0.25) is 0 Å². The standard InChI is InChI=1S/C17H19N3O3/c1-9(2)20-15(21)7-14(17(20)23)19-16(22)12-8-18-13-5-4-10(3)6-11(12)13/h4-6,8-9,14,18H,7H2,1-3H3,(H,19,22)/t14-/m1/s1. The van der Waals surface area contributed by atoms with Gasteiger partial charge in [0.05, 0.1) is 12.0 Å². The normalized spacial score (nSPS) is 18.3. The fourth-order valence-electron chi connectivity index (χ4n) is 2.96. The van der Waals surface area contributed by atoms with E-state index >= 15 is 0 Å². The number of nitrogens with zero attached hydrogens (tertiary/aromatic N) is 1. The van der Waals surface area contributed by atoms with E-state index in [4.69, 9.17) is 0 Å². The predicted octanol–water partition coefficient (Wildman–Crippen LogP) is 1.74. The van der Waals surface area contributed by atoms with Crippen LogP contribution in [-0.2, 0) is 9.59 Å². The number of aryl methyl sites for hydroxylation is 1. The van der Waals surface area contributed by atoms with E-state index in [1.807, 2.05) is 25.1 Å². The number of aromatic nitrogens is 1. The summed E-state index contributed by atoms with van der Waals surface area (Å²) >= 11 is 0. The minimum Gasteiger partial charge on any atom is -0.360 e. The van der Waals surface area contributed by atoms with Crippen LogP contribution in [0.4, 0.5) is 0 Å². The van der Waals surface area contributed by atoms with Crippen molar-refractivity contribution in [3.8, 4) is 0 Å². The van der Waals surface area contributed by atoms with Gasteiger partial charge < -0.3 is 10.3 Å². The van der Waals surface area contributed by atoms with E-state index in [1.54, 1.807) is 20.0 Å². The molecule has 23 heavy (non-hydrogen) atoms. The van der Waals surface area contributed by atoms with Crippen molar-refractivity contribution >= 4 is 28.6 Å². The fourth-order valence-corrected chi connectivity index (χ4v) is 2.96. The molecule has 0 bridgehead atoms. The Morgan fingerprint density at radius 3 is 2.74 bits per heavy atom. The van der Waals surface area contributed by atoms with Crippen molar-refractivity contribution in [2.24, 2.45) is 0 Å². The first-order valence-corrected chi connectivity index (χ1v) is 7.63. The van der Waals surface area contributed by atoms with E-state index < -0.39 is 6.04 Å². The lowest BCUT2D eigenvalue weighted by Gasteiger charge is -2.19. The molecule has 0 radical (unpaired) electrons. The second-order valence-electron chi connectivity index (χ2n) is 6.18. The summed E-state index contributed by atoms with van der Waals surface area (Å²) in [5.41, 5.74) is 2.38. The highest BCUT2D eigenvalue weighted by Gasteiger charge is 2.40. The topological polar surface area (TPSA) is 82.3 Å². The number of nitrogens with one attached hydrogen (secondary N) is 2. The molecule has 2 aromatic rings. The third-order valence-corrected chi connectivity index (χ3v) is 4.09. The van der Waals surface area contributed by atoms with Crippen LogP contribution in [0.25, 0.3) is 10.9 Å². The third-order valence-electron chi connectivity index (χ3n) is 4.09. The Balaban J connectivity index is 1.83. The van der Waals surface area contributed by atoms with Gasteiger partial charge in [-0.05, 0) is 32.9 Å². The van der Waals surface area contributed by atoms with Gasteiger partial charge in [-0.15, -0.1) is 0 Å². The first-order chi connectivity index (χ1) is 10.9. The molecule has 120 valence electrons. The minimum atomic E-state index is -0.785. The average Bonchev–Trinajstić information content (AvgIpc) is 3.00. The molecule has 2 heterocycles. The molecule has 1 aromatic carbocycles. The van der Waals surface area contributed by atoms with Crippen LogP contribution in [0.1, 0.15) is 36.2 Å². The lowest BCUT2D eigenvalue weighted by Crippen LogP contribution is -2.43. The summed E-state index contributed by atoms with van der Waals surface area (Å²) in [7, 11) is 0. The van der Waals surface area contributed by atoms with E-state index in [9.17, 15) is 14.4 Å². The summed E-state index contributed by atoms with van der Waals surface area (Å²) < 4.78 is 0. The number of imide groups is 1. The molecule has 0 saturated carbocycles. The third kappa shape index (κ3) is 2.60. The number of rotatable bonds is 3. The van der Waals surface area contributed by atoms with Gasteiger partial charge >= 0.3 is 0 Å². The van der Waals surface area contributed by atoms with Crippen molar-refractivity contribution < 1.29 is 14.4 Å². The average molecular weight is 313 g/mol. The molecule has 3 rings (SSSR count). The number of aromatic amines is 1. The Morgan fingerprint density at radius 1 is 1.35 bits per heavy atom. The molecule has 0 spiro atoms. The van der Waals surface area contributed by atoms with Crippen molar-refractivity contribution in [2.45, 2.75) is 39.3 Å². The van der Waals surface area contributed by atoms with Gasteiger partial charge in [-0.2, -0.15) is 0 Å². The van der Waals surface area contributed by atoms with Gasteiger partial charge in [0.2, 0.25) is 5.91 Å². The van der Waals surface area contributed by atoms with Crippen molar-refractivity contribution in [1.82, 2.24) is 15.2 Å². The van der Waals surface area contributed by atoms with Gasteiger partial charge in [-0.3, -0.25) is 19.3 Å². The zero-order valence-corrected chi connectivity index (χ0v) is 13.3. The molecule has 6 heteroatoms. The second-order valence-corrected chi connectivity index (χ2v) is 6.18. The maximum absolute atomic E-state index is 12.5. The molecule has 3 amide bonds. The zero-order valence-electron chi connectivity index (χ0n) is 13.3. The van der Waals surface area contributed by atoms with Gasteiger partial charge in [0, 0.05) is 23.1 Å². The molecular formula is C17H19N3O3. The molecular weight excluding hydrogens is 294 g/mol. The fraction of sp³-hybridized carbons (Fsp3) is 0.353. The predicted molar refractivity (Wildman–Crippen MR) is 85.9 cm³/mol. The maximum Gasteiger partial charge on any atom is 0.254 e. The Hall–Kier alpha value is -2.63.